The lowest BCUT2D eigenvalue weighted by Crippen LogP contribution is -2.36. The Balaban J connectivity index is 1.55. The molecule has 0 spiro atoms. The van der Waals surface area contributed by atoms with E-state index >= 15 is 0 Å². The molecule has 0 saturated carbocycles. The van der Waals surface area contributed by atoms with Crippen LogP contribution in [0.1, 0.15) is 60.5 Å². The second-order valence-corrected chi connectivity index (χ2v) is 10.9. The van der Waals surface area contributed by atoms with Crippen LogP contribution in [0.4, 0.5) is 18.9 Å². The number of carbonyl (C=O) groups is 1. The zero-order valence-corrected chi connectivity index (χ0v) is 21.3. The van der Waals surface area contributed by atoms with Crippen molar-refractivity contribution in [2.75, 3.05) is 18.4 Å². The Morgan fingerprint density at radius 3 is 2.64 bits per heavy atom. The van der Waals surface area contributed by atoms with Gasteiger partial charge in [-0.3, -0.25) is 19.1 Å². The van der Waals surface area contributed by atoms with E-state index in [2.05, 4.69) is 10.2 Å². The van der Waals surface area contributed by atoms with E-state index in [9.17, 15) is 22.8 Å². The molecule has 5 rings (SSSR count). The Morgan fingerprint density at radius 2 is 1.92 bits per heavy atom. The summed E-state index contributed by atoms with van der Waals surface area (Å²) in [6.45, 7) is 3.76. The maximum Gasteiger partial charge on any atom is 0.416 e. The molecule has 192 valence electrons. The molecule has 1 N–H and O–H groups in total. The number of likely N-dealkylation sites (tertiary alicyclic amines) is 1. The molecule has 0 radical (unpaired) electrons. The summed E-state index contributed by atoms with van der Waals surface area (Å²) < 4.78 is 41.0. The number of amides is 1. The summed E-state index contributed by atoms with van der Waals surface area (Å²) in [6.07, 6.45) is 1.33. The molecule has 1 amide bonds. The number of alkyl halides is 3. The molecular formula is C25H26ClF3N4O2S. The Kier molecular flexibility index (Phi) is 6.86. The molecule has 1 saturated heterocycles. The van der Waals surface area contributed by atoms with Gasteiger partial charge in [0.05, 0.1) is 28.2 Å². The summed E-state index contributed by atoms with van der Waals surface area (Å²) in [7, 11) is 0. The maximum absolute atomic E-state index is 13.9. The minimum Gasteiger partial charge on any atom is -0.323 e. The van der Waals surface area contributed by atoms with E-state index in [0.717, 1.165) is 75.4 Å². The van der Waals surface area contributed by atoms with Gasteiger partial charge in [0, 0.05) is 4.88 Å². The van der Waals surface area contributed by atoms with E-state index in [1.807, 2.05) is 0 Å². The topological polar surface area (TPSA) is 67.2 Å². The lowest BCUT2D eigenvalue weighted by molar-refractivity contribution is -0.137. The van der Waals surface area contributed by atoms with Gasteiger partial charge in [0.15, 0.2) is 0 Å². The van der Waals surface area contributed by atoms with Crippen LogP contribution in [0.5, 0.6) is 0 Å². The van der Waals surface area contributed by atoms with Crippen LogP contribution in [0.15, 0.2) is 23.0 Å². The first-order chi connectivity index (χ1) is 17.1. The van der Waals surface area contributed by atoms with Crippen molar-refractivity contribution in [2.24, 2.45) is 0 Å². The van der Waals surface area contributed by atoms with Crippen LogP contribution >= 0.6 is 22.9 Å². The van der Waals surface area contributed by atoms with Gasteiger partial charge < -0.3 is 5.32 Å². The highest BCUT2D eigenvalue weighted by atomic mass is 35.5. The summed E-state index contributed by atoms with van der Waals surface area (Å²) in [6, 6.07) is 1.76. The number of aromatic nitrogens is 2. The molecule has 1 fully saturated rings. The Labute approximate surface area is 215 Å². The number of carbonyl (C=O) groups excluding carboxylic acids is 1. The fourth-order valence-corrected chi connectivity index (χ4v) is 6.50. The second kappa shape index (κ2) is 9.79. The molecule has 1 aromatic carbocycles. The van der Waals surface area contributed by atoms with Gasteiger partial charge in [0.1, 0.15) is 16.7 Å². The number of anilines is 1. The average Bonchev–Trinajstić information content (AvgIpc) is 3.47. The van der Waals surface area contributed by atoms with Gasteiger partial charge in [-0.2, -0.15) is 13.2 Å². The van der Waals surface area contributed by atoms with E-state index in [-0.39, 0.29) is 16.3 Å². The largest absolute Gasteiger partial charge is 0.416 e. The van der Waals surface area contributed by atoms with Crippen molar-refractivity contribution in [3.8, 4) is 0 Å². The Hall–Kier alpha value is -2.43. The molecule has 2 aliphatic rings. The Bertz CT molecular complexity index is 1380. The normalized spacial score (nSPS) is 17.4. The highest BCUT2D eigenvalue weighted by Gasteiger charge is 2.32. The van der Waals surface area contributed by atoms with E-state index in [1.165, 1.54) is 9.44 Å². The fourth-order valence-electron chi connectivity index (χ4n) is 5.06. The molecule has 0 bridgehead atoms. The van der Waals surface area contributed by atoms with Gasteiger partial charge >= 0.3 is 6.18 Å². The number of hydrogen-bond donors (Lipinski definition) is 1. The van der Waals surface area contributed by atoms with Gasteiger partial charge in [-0.15, -0.1) is 11.3 Å². The van der Waals surface area contributed by atoms with Crippen LogP contribution in [0, 0.1) is 0 Å². The van der Waals surface area contributed by atoms with Crippen LogP contribution in [0.2, 0.25) is 5.02 Å². The van der Waals surface area contributed by atoms with Gasteiger partial charge in [0.25, 0.3) is 5.56 Å². The van der Waals surface area contributed by atoms with Crippen LogP contribution in [0.3, 0.4) is 0 Å². The van der Waals surface area contributed by atoms with Crippen molar-refractivity contribution < 1.29 is 18.0 Å². The molecule has 1 atom stereocenters. The quantitative estimate of drug-likeness (QED) is 0.445. The number of hydrogen-bond acceptors (Lipinski definition) is 5. The first kappa shape index (κ1) is 25.2. The van der Waals surface area contributed by atoms with Crippen LogP contribution in [-0.4, -0.2) is 33.4 Å². The molecular weight excluding hydrogens is 513 g/mol. The van der Waals surface area contributed by atoms with Crippen molar-refractivity contribution in [1.82, 2.24) is 14.5 Å². The standard InChI is InChI=1S/C25H26ClF3N4O2S/c1-14(22(34)30-18-12-15(25(27,28)29)8-9-17(18)26)33-20(13-32-10-4-5-11-32)31-23-21(24(33)35)16-6-2-3-7-19(16)36-23/h8-9,12,14H,2-7,10-11,13H2,1H3,(H,30,34). The lowest BCUT2D eigenvalue weighted by Gasteiger charge is -2.22. The minimum atomic E-state index is -4.58. The zero-order chi connectivity index (χ0) is 25.6. The molecule has 1 aliphatic carbocycles. The number of thiophene rings is 1. The maximum atomic E-state index is 13.9. The van der Waals surface area contributed by atoms with Crippen molar-refractivity contribution in [1.29, 1.82) is 0 Å². The van der Waals surface area contributed by atoms with Gasteiger partial charge in [0.2, 0.25) is 5.91 Å². The third kappa shape index (κ3) is 4.78. The van der Waals surface area contributed by atoms with Crippen molar-refractivity contribution in [3.05, 3.63) is 55.4 Å². The third-order valence-electron chi connectivity index (χ3n) is 6.98. The second-order valence-electron chi connectivity index (χ2n) is 9.44. The van der Waals surface area contributed by atoms with E-state index in [0.29, 0.717) is 22.6 Å². The van der Waals surface area contributed by atoms with Crippen LogP contribution in [0.25, 0.3) is 10.2 Å². The molecule has 3 aromatic rings. The lowest BCUT2D eigenvalue weighted by atomic mass is 9.97. The molecule has 3 heterocycles. The zero-order valence-electron chi connectivity index (χ0n) is 19.8. The first-order valence-corrected chi connectivity index (χ1v) is 13.3. The number of nitrogens with zero attached hydrogens (tertiary/aromatic N) is 3. The number of fused-ring (bicyclic) bond motifs is 3. The third-order valence-corrected chi connectivity index (χ3v) is 8.49. The van der Waals surface area contributed by atoms with Crippen LogP contribution < -0.4 is 10.9 Å². The summed E-state index contributed by atoms with van der Waals surface area (Å²) in [5, 5.41) is 3.05. The van der Waals surface area contributed by atoms with Gasteiger partial charge in [-0.1, -0.05) is 11.6 Å². The predicted molar refractivity (Wildman–Crippen MR) is 135 cm³/mol. The van der Waals surface area contributed by atoms with E-state index in [4.69, 9.17) is 16.6 Å². The molecule has 36 heavy (non-hydrogen) atoms. The molecule has 6 nitrogen and oxygen atoms in total. The Morgan fingerprint density at radius 1 is 1.19 bits per heavy atom. The van der Waals surface area contributed by atoms with E-state index < -0.39 is 23.7 Å². The van der Waals surface area contributed by atoms with Crippen molar-refractivity contribution in [2.45, 2.75) is 64.2 Å². The fraction of sp³-hybridized carbons (Fsp3) is 0.480. The smallest absolute Gasteiger partial charge is 0.323 e. The molecule has 1 unspecified atom stereocenters. The van der Waals surface area contributed by atoms with E-state index in [1.54, 1.807) is 18.3 Å². The van der Waals surface area contributed by atoms with Gasteiger partial charge in [-0.05, 0) is 82.3 Å². The molecule has 1 aliphatic heterocycles. The number of nitrogens with one attached hydrogen (secondary N) is 1. The minimum absolute atomic E-state index is 0.0198. The first-order valence-electron chi connectivity index (χ1n) is 12.1. The highest BCUT2D eigenvalue weighted by molar-refractivity contribution is 7.18. The highest BCUT2D eigenvalue weighted by Crippen LogP contribution is 2.36. The monoisotopic (exact) mass is 538 g/mol. The van der Waals surface area contributed by atoms with Crippen LogP contribution in [-0.2, 0) is 30.4 Å². The number of halogens is 4. The summed E-state index contributed by atoms with van der Waals surface area (Å²) in [5.41, 5.74) is -0.325. The summed E-state index contributed by atoms with van der Waals surface area (Å²) >= 11 is 7.65. The van der Waals surface area contributed by atoms with Crippen molar-refractivity contribution >= 4 is 44.7 Å². The van der Waals surface area contributed by atoms with Crippen molar-refractivity contribution in [3.63, 3.8) is 0 Å². The van der Waals surface area contributed by atoms with Gasteiger partial charge in [-0.25, -0.2) is 4.98 Å². The number of benzene rings is 1. The SMILES string of the molecule is CC(C(=O)Nc1cc(C(F)(F)F)ccc1Cl)n1c(CN2CCCC2)nc2sc3c(c2c1=O)CCCC3. The number of aryl methyl sites for hydroxylation is 2. The molecule has 11 heteroatoms. The summed E-state index contributed by atoms with van der Waals surface area (Å²) in [4.78, 5) is 36.1. The molecule has 2 aromatic heterocycles. The predicted octanol–water partition coefficient (Wildman–Crippen LogP) is 5.80. The average molecular weight is 539 g/mol. The summed E-state index contributed by atoms with van der Waals surface area (Å²) in [5.74, 6) is -0.142. The number of rotatable bonds is 5.